The topological polar surface area (TPSA) is 63.2 Å². The van der Waals surface area contributed by atoms with Crippen molar-refractivity contribution in [3.05, 3.63) is 66.2 Å². The third-order valence-corrected chi connectivity index (χ3v) is 5.19. The maximum Gasteiger partial charge on any atom is 0.242 e. The highest BCUT2D eigenvalue weighted by molar-refractivity contribution is 7.92. The maximum atomic E-state index is 12.3. The molecule has 0 aliphatic heterocycles. The van der Waals surface area contributed by atoms with Crippen LogP contribution in [0.4, 0.5) is 5.69 Å². The van der Waals surface area contributed by atoms with Crippen LogP contribution < -0.4 is 5.32 Å². The number of hydrogen-bond donors (Lipinski definition) is 1. The molecule has 0 saturated carbocycles. The van der Waals surface area contributed by atoms with E-state index in [-0.39, 0.29) is 5.75 Å². The molecule has 0 aromatic heterocycles. The lowest BCUT2D eigenvalue weighted by atomic mass is 10.2. The molecule has 0 aliphatic rings. The number of sulfone groups is 1. The van der Waals surface area contributed by atoms with Crippen LogP contribution in [0.3, 0.4) is 0 Å². The summed E-state index contributed by atoms with van der Waals surface area (Å²) in [7, 11) is -3.54. The molecular weight excluding hydrogens is 286 g/mol. The Kier molecular flexibility index (Phi) is 4.75. The number of benzene rings is 2. The first-order valence-electron chi connectivity index (χ1n) is 6.60. The quantitative estimate of drug-likeness (QED) is 0.923. The van der Waals surface area contributed by atoms with Crippen molar-refractivity contribution in [2.24, 2.45) is 0 Å². The largest absolute Gasteiger partial charge is 0.325 e. The predicted octanol–water partition coefficient (Wildman–Crippen LogP) is 2.63. The average molecular weight is 303 g/mol. The number of para-hydroxylation sites is 1. The minimum atomic E-state index is -3.54. The fraction of sp³-hybridized carbons (Fsp3) is 0.188. The summed E-state index contributed by atoms with van der Waals surface area (Å²) in [6.45, 7) is 1.41. The molecule has 4 nitrogen and oxygen atoms in total. The van der Waals surface area contributed by atoms with Crippen molar-refractivity contribution in [2.75, 3.05) is 5.32 Å². The fourth-order valence-electron chi connectivity index (χ4n) is 1.86. The van der Waals surface area contributed by atoms with Crippen LogP contribution in [0.25, 0.3) is 0 Å². The molecule has 1 atom stereocenters. The zero-order valence-corrected chi connectivity index (χ0v) is 12.5. The Hall–Kier alpha value is -2.14. The lowest BCUT2D eigenvalue weighted by molar-refractivity contribution is -0.115. The van der Waals surface area contributed by atoms with E-state index in [1.54, 1.807) is 48.5 Å². The fourth-order valence-corrected chi connectivity index (χ4v) is 3.15. The molecule has 0 radical (unpaired) electrons. The second-order valence-corrected chi connectivity index (χ2v) is 7.11. The van der Waals surface area contributed by atoms with Gasteiger partial charge in [-0.05, 0) is 24.6 Å². The van der Waals surface area contributed by atoms with E-state index in [1.165, 1.54) is 6.92 Å². The number of carbonyl (C=O) groups excluding carboxylic acids is 1. The van der Waals surface area contributed by atoms with Gasteiger partial charge >= 0.3 is 0 Å². The van der Waals surface area contributed by atoms with Crippen LogP contribution >= 0.6 is 0 Å². The van der Waals surface area contributed by atoms with Crippen molar-refractivity contribution in [3.63, 3.8) is 0 Å². The van der Waals surface area contributed by atoms with E-state index in [1.807, 2.05) is 12.1 Å². The first-order chi connectivity index (χ1) is 9.99. The number of amides is 1. The number of anilines is 1. The summed E-state index contributed by atoms with van der Waals surface area (Å²) in [5, 5.41) is 1.52. The second kappa shape index (κ2) is 6.54. The number of rotatable bonds is 5. The van der Waals surface area contributed by atoms with Gasteiger partial charge in [0.05, 0.1) is 5.75 Å². The Bertz CT molecular complexity index is 697. The molecular formula is C16H17NO3S. The Balaban J connectivity index is 2.07. The van der Waals surface area contributed by atoms with Crippen molar-refractivity contribution in [1.82, 2.24) is 0 Å². The molecule has 110 valence electrons. The van der Waals surface area contributed by atoms with Crippen LogP contribution in [0.1, 0.15) is 12.5 Å². The summed E-state index contributed by atoms with van der Waals surface area (Å²) in [4.78, 5) is 12.1. The first-order valence-corrected chi connectivity index (χ1v) is 8.32. The Morgan fingerprint density at radius 2 is 1.52 bits per heavy atom. The Labute approximate surface area is 124 Å². The first kappa shape index (κ1) is 15.3. The van der Waals surface area contributed by atoms with Gasteiger partial charge in [-0.2, -0.15) is 0 Å². The zero-order valence-electron chi connectivity index (χ0n) is 11.7. The molecule has 2 rings (SSSR count). The van der Waals surface area contributed by atoms with E-state index < -0.39 is 21.0 Å². The summed E-state index contributed by atoms with van der Waals surface area (Å²) in [5.74, 6) is -0.658. The van der Waals surface area contributed by atoms with Crippen LogP contribution in [0, 0.1) is 0 Å². The molecule has 0 aliphatic carbocycles. The summed E-state index contributed by atoms with van der Waals surface area (Å²) in [5.41, 5.74) is 1.26. The van der Waals surface area contributed by atoms with Gasteiger partial charge in [-0.1, -0.05) is 48.5 Å². The van der Waals surface area contributed by atoms with Crippen LogP contribution in [0.15, 0.2) is 60.7 Å². The van der Waals surface area contributed by atoms with Crippen LogP contribution in [0.5, 0.6) is 0 Å². The highest BCUT2D eigenvalue weighted by Gasteiger charge is 2.28. The molecule has 21 heavy (non-hydrogen) atoms. The van der Waals surface area contributed by atoms with Gasteiger partial charge in [-0.25, -0.2) is 8.42 Å². The van der Waals surface area contributed by atoms with E-state index in [0.717, 1.165) is 0 Å². The standard InChI is InChI=1S/C16H17NO3S/c1-13(16(18)17-15-10-6-3-7-11-15)21(19,20)12-14-8-4-2-5-9-14/h2-11,13H,12H2,1H3,(H,17,18). The molecule has 1 N–H and O–H groups in total. The number of carbonyl (C=O) groups is 1. The van der Waals surface area contributed by atoms with Gasteiger partial charge in [0.15, 0.2) is 9.84 Å². The summed E-state index contributed by atoms with van der Waals surface area (Å²) in [6, 6.07) is 17.7. The molecule has 2 aromatic carbocycles. The zero-order chi connectivity index (χ0) is 15.3. The van der Waals surface area contributed by atoms with Crippen molar-refractivity contribution >= 4 is 21.4 Å². The van der Waals surface area contributed by atoms with Crippen molar-refractivity contribution in [2.45, 2.75) is 17.9 Å². The normalized spacial score (nSPS) is 12.6. The molecule has 0 saturated heterocycles. The van der Waals surface area contributed by atoms with Crippen molar-refractivity contribution < 1.29 is 13.2 Å². The molecule has 1 amide bonds. The van der Waals surface area contributed by atoms with Crippen LogP contribution in [0.2, 0.25) is 0 Å². The van der Waals surface area contributed by atoms with Gasteiger partial charge in [0.25, 0.3) is 0 Å². The molecule has 1 unspecified atom stereocenters. The third-order valence-electron chi connectivity index (χ3n) is 3.16. The predicted molar refractivity (Wildman–Crippen MR) is 83.6 cm³/mol. The molecule has 2 aromatic rings. The van der Waals surface area contributed by atoms with Gasteiger partial charge in [-0.15, -0.1) is 0 Å². The maximum absolute atomic E-state index is 12.3. The van der Waals surface area contributed by atoms with Gasteiger partial charge in [0.2, 0.25) is 5.91 Å². The van der Waals surface area contributed by atoms with E-state index >= 15 is 0 Å². The summed E-state index contributed by atoms with van der Waals surface area (Å²) >= 11 is 0. The minimum absolute atomic E-state index is 0.142. The lowest BCUT2D eigenvalue weighted by Gasteiger charge is -2.13. The molecule has 0 fully saturated rings. The second-order valence-electron chi connectivity index (χ2n) is 4.79. The van der Waals surface area contributed by atoms with E-state index in [2.05, 4.69) is 5.32 Å². The Morgan fingerprint density at radius 3 is 2.10 bits per heavy atom. The van der Waals surface area contributed by atoms with Gasteiger partial charge in [-0.3, -0.25) is 4.79 Å². The van der Waals surface area contributed by atoms with Crippen LogP contribution in [-0.4, -0.2) is 19.6 Å². The third kappa shape index (κ3) is 4.16. The highest BCUT2D eigenvalue weighted by Crippen LogP contribution is 2.13. The van der Waals surface area contributed by atoms with E-state index in [9.17, 15) is 13.2 Å². The summed E-state index contributed by atoms with van der Waals surface area (Å²) in [6.07, 6.45) is 0. The average Bonchev–Trinajstić information content (AvgIpc) is 2.48. The minimum Gasteiger partial charge on any atom is -0.325 e. The molecule has 0 spiro atoms. The van der Waals surface area contributed by atoms with Crippen molar-refractivity contribution in [3.8, 4) is 0 Å². The molecule has 0 heterocycles. The number of hydrogen-bond acceptors (Lipinski definition) is 3. The SMILES string of the molecule is CC(C(=O)Nc1ccccc1)S(=O)(=O)Cc1ccccc1. The Morgan fingerprint density at radius 1 is 1.00 bits per heavy atom. The smallest absolute Gasteiger partial charge is 0.242 e. The van der Waals surface area contributed by atoms with Crippen molar-refractivity contribution in [1.29, 1.82) is 0 Å². The van der Waals surface area contributed by atoms with Gasteiger partial charge in [0.1, 0.15) is 5.25 Å². The van der Waals surface area contributed by atoms with Crippen LogP contribution in [-0.2, 0) is 20.4 Å². The van der Waals surface area contributed by atoms with E-state index in [0.29, 0.717) is 11.3 Å². The van der Waals surface area contributed by atoms with Gasteiger partial charge < -0.3 is 5.32 Å². The van der Waals surface area contributed by atoms with Gasteiger partial charge in [0, 0.05) is 5.69 Å². The van der Waals surface area contributed by atoms with E-state index in [4.69, 9.17) is 0 Å². The number of nitrogens with one attached hydrogen (secondary N) is 1. The monoisotopic (exact) mass is 303 g/mol. The lowest BCUT2D eigenvalue weighted by Crippen LogP contribution is -2.33. The molecule has 0 bridgehead atoms. The summed E-state index contributed by atoms with van der Waals surface area (Å²) < 4.78 is 24.5. The highest BCUT2D eigenvalue weighted by atomic mass is 32.2. The molecule has 5 heteroatoms.